The predicted molar refractivity (Wildman–Crippen MR) is 87.2 cm³/mol. The molecule has 0 saturated carbocycles. The molecule has 1 saturated heterocycles. The van der Waals surface area contributed by atoms with Crippen molar-refractivity contribution in [2.45, 2.75) is 66.0 Å². The van der Waals surface area contributed by atoms with Gasteiger partial charge in [0.15, 0.2) is 0 Å². The van der Waals surface area contributed by atoms with Gasteiger partial charge in [-0.05, 0) is 24.7 Å². The molecule has 0 spiro atoms. The molecule has 0 aromatic heterocycles. The van der Waals surface area contributed by atoms with Crippen molar-refractivity contribution < 1.29 is 4.74 Å². The van der Waals surface area contributed by atoms with Crippen LogP contribution in [0, 0.1) is 11.8 Å². The van der Waals surface area contributed by atoms with E-state index in [0.717, 1.165) is 32.2 Å². The molecule has 1 aliphatic heterocycles. The quantitative estimate of drug-likeness (QED) is 0.658. The van der Waals surface area contributed by atoms with E-state index in [1.165, 1.54) is 25.8 Å². The molecule has 1 rings (SSSR count). The van der Waals surface area contributed by atoms with E-state index in [1.54, 1.807) is 0 Å². The highest BCUT2D eigenvalue weighted by molar-refractivity contribution is 4.86. The summed E-state index contributed by atoms with van der Waals surface area (Å²) in [5.74, 6) is 1.40. The SMILES string of the molecule is CCCC1CN(CCOCC(C)C)C(CC(C)C)CN1. The van der Waals surface area contributed by atoms with Gasteiger partial charge in [-0.15, -0.1) is 0 Å². The maximum absolute atomic E-state index is 5.78. The Hall–Kier alpha value is -0.120. The van der Waals surface area contributed by atoms with Crippen LogP contribution in [0.2, 0.25) is 0 Å². The van der Waals surface area contributed by atoms with Crippen LogP contribution in [0.1, 0.15) is 53.9 Å². The van der Waals surface area contributed by atoms with Crippen molar-refractivity contribution >= 4 is 0 Å². The lowest BCUT2D eigenvalue weighted by molar-refractivity contribution is 0.0485. The molecule has 0 amide bonds. The van der Waals surface area contributed by atoms with Gasteiger partial charge >= 0.3 is 0 Å². The maximum Gasteiger partial charge on any atom is 0.0593 e. The van der Waals surface area contributed by atoms with Gasteiger partial charge in [0.2, 0.25) is 0 Å². The van der Waals surface area contributed by atoms with Crippen LogP contribution in [0.3, 0.4) is 0 Å². The number of rotatable bonds is 9. The highest BCUT2D eigenvalue weighted by atomic mass is 16.5. The van der Waals surface area contributed by atoms with Crippen LogP contribution in [0.15, 0.2) is 0 Å². The standard InChI is InChI=1S/C17H36N2O/c1-6-7-16-12-19(8-9-20-13-15(4)5)17(11-18-16)10-14(2)3/h14-18H,6-13H2,1-5H3. The van der Waals surface area contributed by atoms with Crippen LogP contribution in [0.4, 0.5) is 0 Å². The molecule has 1 N–H and O–H groups in total. The number of piperazine rings is 1. The van der Waals surface area contributed by atoms with E-state index >= 15 is 0 Å². The van der Waals surface area contributed by atoms with Crippen LogP contribution in [-0.4, -0.2) is 49.8 Å². The van der Waals surface area contributed by atoms with Crippen molar-refractivity contribution in [3.63, 3.8) is 0 Å². The molecule has 3 nitrogen and oxygen atoms in total. The first-order valence-corrected chi connectivity index (χ1v) is 8.58. The van der Waals surface area contributed by atoms with Crippen molar-refractivity contribution in [1.82, 2.24) is 10.2 Å². The molecule has 1 fully saturated rings. The normalized spacial score (nSPS) is 24.8. The van der Waals surface area contributed by atoms with E-state index in [0.29, 0.717) is 18.0 Å². The zero-order valence-corrected chi connectivity index (χ0v) is 14.3. The third kappa shape index (κ3) is 7.05. The molecule has 1 aliphatic rings. The van der Waals surface area contributed by atoms with Gasteiger partial charge in [0.1, 0.15) is 0 Å². The molecule has 2 atom stereocenters. The Balaban J connectivity index is 2.40. The van der Waals surface area contributed by atoms with Gasteiger partial charge in [-0.1, -0.05) is 41.0 Å². The minimum atomic E-state index is 0.636. The molecule has 20 heavy (non-hydrogen) atoms. The number of nitrogens with one attached hydrogen (secondary N) is 1. The summed E-state index contributed by atoms with van der Waals surface area (Å²) in [6, 6.07) is 1.36. The van der Waals surface area contributed by atoms with Gasteiger partial charge in [0.05, 0.1) is 6.61 Å². The molecule has 120 valence electrons. The average molecular weight is 284 g/mol. The smallest absolute Gasteiger partial charge is 0.0593 e. The summed E-state index contributed by atoms with van der Waals surface area (Å²) in [7, 11) is 0. The Bertz CT molecular complexity index is 243. The lowest BCUT2D eigenvalue weighted by Gasteiger charge is -2.41. The van der Waals surface area contributed by atoms with Gasteiger partial charge in [-0.3, -0.25) is 4.90 Å². The molecule has 2 unspecified atom stereocenters. The molecule has 3 heteroatoms. The minimum Gasteiger partial charge on any atom is -0.380 e. The van der Waals surface area contributed by atoms with E-state index < -0.39 is 0 Å². The van der Waals surface area contributed by atoms with E-state index in [1.807, 2.05) is 0 Å². The monoisotopic (exact) mass is 284 g/mol. The third-order valence-corrected chi connectivity index (χ3v) is 3.97. The highest BCUT2D eigenvalue weighted by Gasteiger charge is 2.27. The zero-order chi connectivity index (χ0) is 15.0. The van der Waals surface area contributed by atoms with Crippen LogP contribution in [0.25, 0.3) is 0 Å². The lowest BCUT2D eigenvalue weighted by atomic mass is 9.98. The van der Waals surface area contributed by atoms with Crippen molar-refractivity contribution in [2.24, 2.45) is 11.8 Å². The van der Waals surface area contributed by atoms with Crippen LogP contribution >= 0.6 is 0 Å². The summed E-state index contributed by atoms with van der Waals surface area (Å²) in [5.41, 5.74) is 0. The molecule has 0 bridgehead atoms. The molecular weight excluding hydrogens is 248 g/mol. The molecule has 0 radical (unpaired) electrons. The highest BCUT2D eigenvalue weighted by Crippen LogP contribution is 2.17. The maximum atomic E-state index is 5.78. The lowest BCUT2D eigenvalue weighted by Crippen LogP contribution is -2.57. The number of hydrogen-bond donors (Lipinski definition) is 1. The van der Waals surface area contributed by atoms with Crippen LogP contribution in [0.5, 0.6) is 0 Å². The first kappa shape index (κ1) is 17.9. The number of hydrogen-bond acceptors (Lipinski definition) is 3. The Morgan fingerprint density at radius 1 is 1.20 bits per heavy atom. The molecule has 0 aromatic rings. The number of ether oxygens (including phenoxy) is 1. The summed E-state index contributed by atoms with van der Waals surface area (Å²) in [6.45, 7) is 16.5. The summed E-state index contributed by atoms with van der Waals surface area (Å²) < 4.78 is 5.78. The van der Waals surface area contributed by atoms with Crippen LogP contribution in [-0.2, 0) is 4.74 Å². The second kappa shape index (κ2) is 9.75. The fourth-order valence-corrected chi connectivity index (χ4v) is 3.02. The van der Waals surface area contributed by atoms with Crippen molar-refractivity contribution in [3.05, 3.63) is 0 Å². The summed E-state index contributed by atoms with van der Waals surface area (Å²) in [5, 5.41) is 3.73. The predicted octanol–water partition coefficient (Wildman–Crippen LogP) is 3.15. The van der Waals surface area contributed by atoms with Crippen LogP contribution < -0.4 is 5.32 Å². The Kier molecular flexibility index (Phi) is 8.74. The largest absolute Gasteiger partial charge is 0.380 e. The zero-order valence-electron chi connectivity index (χ0n) is 14.3. The summed E-state index contributed by atoms with van der Waals surface area (Å²) >= 11 is 0. The first-order valence-electron chi connectivity index (χ1n) is 8.58. The van der Waals surface area contributed by atoms with Crippen molar-refractivity contribution in [1.29, 1.82) is 0 Å². The second-order valence-electron chi connectivity index (χ2n) is 7.14. The Labute approximate surface area is 126 Å². The van der Waals surface area contributed by atoms with E-state index in [9.17, 15) is 0 Å². The molecule has 0 aromatic carbocycles. The molecule has 0 aliphatic carbocycles. The van der Waals surface area contributed by atoms with Gasteiger partial charge < -0.3 is 10.1 Å². The minimum absolute atomic E-state index is 0.636. The average Bonchev–Trinajstić information content (AvgIpc) is 2.37. The fourth-order valence-electron chi connectivity index (χ4n) is 3.02. The van der Waals surface area contributed by atoms with E-state index in [4.69, 9.17) is 4.74 Å². The van der Waals surface area contributed by atoms with Gasteiger partial charge in [-0.2, -0.15) is 0 Å². The molecule has 1 heterocycles. The Morgan fingerprint density at radius 2 is 1.95 bits per heavy atom. The second-order valence-corrected chi connectivity index (χ2v) is 7.14. The first-order chi connectivity index (χ1) is 9.52. The van der Waals surface area contributed by atoms with Crippen molar-refractivity contribution in [2.75, 3.05) is 32.8 Å². The van der Waals surface area contributed by atoms with E-state index in [-0.39, 0.29) is 0 Å². The Morgan fingerprint density at radius 3 is 2.55 bits per heavy atom. The summed E-state index contributed by atoms with van der Waals surface area (Å²) in [4.78, 5) is 2.66. The molecular formula is C17H36N2O. The van der Waals surface area contributed by atoms with Crippen molar-refractivity contribution in [3.8, 4) is 0 Å². The number of nitrogens with zero attached hydrogens (tertiary/aromatic N) is 1. The summed E-state index contributed by atoms with van der Waals surface area (Å²) in [6.07, 6.45) is 3.85. The third-order valence-electron chi connectivity index (χ3n) is 3.97. The van der Waals surface area contributed by atoms with Gasteiger partial charge in [0, 0.05) is 38.3 Å². The topological polar surface area (TPSA) is 24.5 Å². The fraction of sp³-hybridized carbons (Fsp3) is 1.00. The van der Waals surface area contributed by atoms with E-state index in [2.05, 4.69) is 44.8 Å². The van der Waals surface area contributed by atoms with Gasteiger partial charge in [-0.25, -0.2) is 0 Å². The van der Waals surface area contributed by atoms with Gasteiger partial charge in [0.25, 0.3) is 0 Å².